The van der Waals surface area contributed by atoms with Crippen molar-refractivity contribution in [3.8, 4) is 0 Å². The van der Waals surface area contributed by atoms with E-state index in [0.29, 0.717) is 5.96 Å². The van der Waals surface area contributed by atoms with Crippen LogP contribution in [0.1, 0.15) is 16.7 Å². The Morgan fingerprint density at radius 3 is 2.34 bits per heavy atom. The van der Waals surface area contributed by atoms with Crippen LogP contribution in [-0.4, -0.2) is 88.2 Å². The maximum Gasteiger partial charge on any atom is 0.243 e. The Labute approximate surface area is 192 Å². The van der Waals surface area contributed by atoms with Gasteiger partial charge in [0.1, 0.15) is 6.54 Å². The summed E-state index contributed by atoms with van der Waals surface area (Å²) in [4.78, 5) is 20.3. The van der Waals surface area contributed by atoms with Gasteiger partial charge in [-0.3, -0.25) is 9.69 Å². The lowest BCUT2D eigenvalue weighted by Crippen LogP contribution is -2.45. The fraction of sp³-hybridized carbons (Fsp3) is 0.619. The molecule has 0 saturated carbocycles. The van der Waals surface area contributed by atoms with Crippen LogP contribution in [0.2, 0.25) is 0 Å². The molecule has 1 amide bonds. The predicted octanol–water partition coefficient (Wildman–Crippen LogP) is 1.42. The van der Waals surface area contributed by atoms with Crippen LogP contribution < -0.4 is 10.6 Å². The van der Waals surface area contributed by atoms with E-state index >= 15 is 0 Å². The highest BCUT2D eigenvalue weighted by Gasteiger charge is 2.10. The van der Waals surface area contributed by atoms with Crippen molar-refractivity contribution in [3.05, 3.63) is 34.9 Å². The normalized spacial score (nSPS) is 14.8. The van der Waals surface area contributed by atoms with E-state index in [1.807, 2.05) is 0 Å². The summed E-state index contributed by atoms with van der Waals surface area (Å²) in [5.41, 5.74) is 3.87. The van der Waals surface area contributed by atoms with Crippen LogP contribution in [0.15, 0.2) is 23.2 Å². The molecular weight excluding hydrogens is 481 g/mol. The SMILES string of the molecule is Cc1cc(C)cc(CCNC(=NCC(=O)N(C)C)NCCN2CCOCC2)c1.I. The van der Waals surface area contributed by atoms with Crippen LogP contribution in [0.4, 0.5) is 0 Å². The van der Waals surface area contributed by atoms with Crippen molar-refractivity contribution in [1.82, 2.24) is 20.4 Å². The topological polar surface area (TPSA) is 69.2 Å². The Morgan fingerprint density at radius 2 is 1.72 bits per heavy atom. The number of carbonyl (C=O) groups is 1. The van der Waals surface area contributed by atoms with E-state index < -0.39 is 0 Å². The summed E-state index contributed by atoms with van der Waals surface area (Å²) in [6.45, 7) is 10.4. The van der Waals surface area contributed by atoms with Gasteiger partial charge in [-0.1, -0.05) is 29.3 Å². The van der Waals surface area contributed by atoms with Gasteiger partial charge in [0.2, 0.25) is 5.91 Å². The molecule has 0 aliphatic carbocycles. The molecule has 2 rings (SSSR count). The number of amides is 1. The average molecular weight is 517 g/mol. The molecule has 1 heterocycles. The molecule has 1 aliphatic heterocycles. The van der Waals surface area contributed by atoms with Gasteiger partial charge in [0, 0.05) is 46.8 Å². The Balaban J connectivity index is 0.00000420. The van der Waals surface area contributed by atoms with Crippen LogP contribution in [0.25, 0.3) is 0 Å². The van der Waals surface area contributed by atoms with Gasteiger partial charge in [0.25, 0.3) is 0 Å². The molecule has 1 fully saturated rings. The molecule has 0 spiro atoms. The third kappa shape index (κ3) is 10.3. The summed E-state index contributed by atoms with van der Waals surface area (Å²) in [7, 11) is 3.49. The third-order valence-electron chi connectivity index (χ3n) is 4.68. The maximum atomic E-state index is 11.9. The van der Waals surface area contributed by atoms with Gasteiger partial charge in [-0.2, -0.15) is 0 Å². The van der Waals surface area contributed by atoms with Crippen molar-refractivity contribution in [2.24, 2.45) is 4.99 Å². The number of nitrogens with zero attached hydrogens (tertiary/aromatic N) is 3. The fourth-order valence-electron chi connectivity index (χ4n) is 3.16. The van der Waals surface area contributed by atoms with Gasteiger partial charge in [0.15, 0.2) is 5.96 Å². The first-order chi connectivity index (χ1) is 13.4. The Hall–Kier alpha value is -1.39. The number of nitrogens with one attached hydrogen (secondary N) is 2. The van der Waals surface area contributed by atoms with Crippen LogP contribution >= 0.6 is 24.0 Å². The van der Waals surface area contributed by atoms with Crippen molar-refractivity contribution >= 4 is 35.8 Å². The lowest BCUT2D eigenvalue weighted by molar-refractivity contribution is -0.127. The number of likely N-dealkylation sites (N-methyl/N-ethyl adjacent to an activating group) is 1. The molecule has 1 aromatic rings. The molecule has 1 aromatic carbocycles. The summed E-state index contributed by atoms with van der Waals surface area (Å²) in [6.07, 6.45) is 0.911. The monoisotopic (exact) mass is 517 g/mol. The maximum absolute atomic E-state index is 11.9. The van der Waals surface area contributed by atoms with Gasteiger partial charge in [-0.05, 0) is 25.8 Å². The highest BCUT2D eigenvalue weighted by Crippen LogP contribution is 2.08. The molecule has 0 radical (unpaired) electrons. The molecule has 7 nitrogen and oxygen atoms in total. The highest BCUT2D eigenvalue weighted by molar-refractivity contribution is 14.0. The standard InChI is InChI=1S/C21H35N5O2.HI/c1-17-13-18(2)15-19(14-17)5-6-22-21(24-16-20(27)25(3)4)23-7-8-26-9-11-28-12-10-26;/h13-15H,5-12,16H2,1-4H3,(H2,22,23,24);1H. The van der Waals surface area contributed by atoms with E-state index in [-0.39, 0.29) is 36.4 Å². The van der Waals surface area contributed by atoms with Gasteiger partial charge in [0.05, 0.1) is 13.2 Å². The number of aliphatic imine (C=N–C) groups is 1. The van der Waals surface area contributed by atoms with E-state index in [2.05, 4.69) is 52.6 Å². The summed E-state index contributed by atoms with van der Waals surface area (Å²) < 4.78 is 5.39. The molecule has 0 bridgehead atoms. The van der Waals surface area contributed by atoms with Crippen molar-refractivity contribution in [1.29, 1.82) is 0 Å². The number of rotatable bonds is 8. The van der Waals surface area contributed by atoms with Crippen LogP contribution in [0.5, 0.6) is 0 Å². The van der Waals surface area contributed by atoms with E-state index in [1.54, 1.807) is 19.0 Å². The first kappa shape index (κ1) is 25.6. The molecule has 0 unspecified atom stereocenters. The summed E-state index contributed by atoms with van der Waals surface area (Å²) in [5.74, 6) is 0.677. The van der Waals surface area contributed by atoms with Crippen molar-refractivity contribution < 1.29 is 9.53 Å². The second kappa shape index (κ2) is 13.8. The summed E-state index contributed by atoms with van der Waals surface area (Å²) in [5, 5.41) is 6.72. The zero-order chi connectivity index (χ0) is 20.4. The molecule has 0 atom stereocenters. The Kier molecular flexibility index (Phi) is 12.2. The molecule has 29 heavy (non-hydrogen) atoms. The first-order valence-electron chi connectivity index (χ1n) is 10.0. The predicted molar refractivity (Wildman–Crippen MR) is 129 cm³/mol. The van der Waals surface area contributed by atoms with Crippen molar-refractivity contribution in [2.75, 3.05) is 66.6 Å². The smallest absolute Gasteiger partial charge is 0.243 e. The van der Waals surface area contributed by atoms with E-state index in [4.69, 9.17) is 4.74 Å². The van der Waals surface area contributed by atoms with Crippen molar-refractivity contribution in [2.45, 2.75) is 20.3 Å². The second-order valence-electron chi connectivity index (χ2n) is 7.51. The van der Waals surface area contributed by atoms with Crippen molar-refractivity contribution in [3.63, 3.8) is 0 Å². The zero-order valence-corrected chi connectivity index (χ0v) is 20.5. The number of hydrogen-bond donors (Lipinski definition) is 2. The van der Waals surface area contributed by atoms with Gasteiger partial charge < -0.3 is 20.3 Å². The van der Waals surface area contributed by atoms with E-state index in [0.717, 1.165) is 52.4 Å². The van der Waals surface area contributed by atoms with Crippen LogP contribution in [0.3, 0.4) is 0 Å². The molecule has 164 valence electrons. The number of benzene rings is 1. The molecule has 2 N–H and O–H groups in total. The quantitative estimate of drug-likeness (QED) is 0.310. The number of carbonyl (C=O) groups excluding carboxylic acids is 1. The minimum absolute atomic E-state index is 0. The highest BCUT2D eigenvalue weighted by atomic mass is 127. The van der Waals surface area contributed by atoms with Crippen LogP contribution in [0, 0.1) is 13.8 Å². The number of guanidine groups is 1. The molecule has 0 aromatic heterocycles. The zero-order valence-electron chi connectivity index (χ0n) is 18.2. The Bertz CT molecular complexity index is 640. The van der Waals surface area contributed by atoms with Gasteiger partial charge >= 0.3 is 0 Å². The summed E-state index contributed by atoms with van der Waals surface area (Å²) >= 11 is 0. The lowest BCUT2D eigenvalue weighted by atomic mass is 10.1. The minimum atomic E-state index is -0.0106. The number of aryl methyl sites for hydroxylation is 2. The summed E-state index contributed by atoms with van der Waals surface area (Å²) in [6, 6.07) is 6.61. The second-order valence-corrected chi connectivity index (χ2v) is 7.51. The minimum Gasteiger partial charge on any atom is -0.379 e. The first-order valence-corrected chi connectivity index (χ1v) is 10.0. The van der Waals surface area contributed by atoms with Gasteiger partial charge in [-0.15, -0.1) is 24.0 Å². The van der Waals surface area contributed by atoms with Gasteiger partial charge in [-0.25, -0.2) is 4.99 Å². The van der Waals surface area contributed by atoms with E-state index in [1.165, 1.54) is 16.7 Å². The molecular formula is C21H36IN5O2. The number of morpholine rings is 1. The molecule has 1 saturated heterocycles. The lowest BCUT2D eigenvalue weighted by Gasteiger charge is -2.26. The van der Waals surface area contributed by atoms with E-state index in [9.17, 15) is 4.79 Å². The largest absolute Gasteiger partial charge is 0.379 e. The Morgan fingerprint density at radius 1 is 1.10 bits per heavy atom. The average Bonchev–Trinajstić information content (AvgIpc) is 2.65. The third-order valence-corrected chi connectivity index (χ3v) is 4.68. The number of halogens is 1. The molecule has 8 heteroatoms. The molecule has 1 aliphatic rings. The fourth-order valence-corrected chi connectivity index (χ4v) is 3.16. The number of hydrogen-bond acceptors (Lipinski definition) is 4. The number of ether oxygens (including phenoxy) is 1. The van der Waals surface area contributed by atoms with Crippen LogP contribution in [-0.2, 0) is 16.0 Å².